The van der Waals surface area contributed by atoms with Gasteiger partial charge in [0.25, 0.3) is 5.91 Å². The molecule has 5 heteroatoms. The number of hydrogen-bond donors (Lipinski definition) is 1. The summed E-state index contributed by atoms with van der Waals surface area (Å²) in [6, 6.07) is 5.34. The fraction of sp³-hybridized carbons (Fsp3) is 0.385. The SMILES string of the molecule is Cc1c(Br)cccc1C(=O)N(CC(N)=O)C(C)C. The smallest absolute Gasteiger partial charge is 0.254 e. The van der Waals surface area contributed by atoms with Gasteiger partial charge in [-0.15, -0.1) is 0 Å². The van der Waals surface area contributed by atoms with Crippen LogP contribution in [0.15, 0.2) is 22.7 Å². The van der Waals surface area contributed by atoms with Gasteiger partial charge in [0.15, 0.2) is 0 Å². The normalized spacial score (nSPS) is 10.5. The van der Waals surface area contributed by atoms with E-state index < -0.39 is 5.91 Å². The average Bonchev–Trinajstić information content (AvgIpc) is 2.28. The Bertz CT molecular complexity index is 472. The van der Waals surface area contributed by atoms with Gasteiger partial charge in [-0.05, 0) is 38.5 Å². The predicted molar refractivity (Wildman–Crippen MR) is 74.2 cm³/mol. The largest absolute Gasteiger partial charge is 0.368 e. The van der Waals surface area contributed by atoms with Crippen LogP contribution in [0.1, 0.15) is 29.8 Å². The van der Waals surface area contributed by atoms with Crippen LogP contribution in [0.2, 0.25) is 0 Å². The lowest BCUT2D eigenvalue weighted by Crippen LogP contribution is -2.43. The number of halogens is 1. The fourth-order valence-electron chi connectivity index (χ4n) is 1.65. The number of amides is 2. The maximum atomic E-state index is 12.4. The summed E-state index contributed by atoms with van der Waals surface area (Å²) in [5, 5.41) is 0. The molecule has 98 valence electrons. The molecule has 1 aromatic carbocycles. The molecule has 4 nitrogen and oxygen atoms in total. The number of benzene rings is 1. The lowest BCUT2D eigenvalue weighted by atomic mass is 10.1. The summed E-state index contributed by atoms with van der Waals surface area (Å²) in [6.07, 6.45) is 0. The predicted octanol–water partition coefficient (Wildman–Crippen LogP) is 2.09. The van der Waals surface area contributed by atoms with Crippen molar-refractivity contribution in [3.63, 3.8) is 0 Å². The standard InChI is InChI=1S/C13H17BrN2O2/c1-8(2)16(7-12(15)17)13(18)10-5-4-6-11(14)9(10)3/h4-6,8H,7H2,1-3H3,(H2,15,17). The molecular weight excluding hydrogens is 296 g/mol. The lowest BCUT2D eigenvalue weighted by Gasteiger charge is -2.26. The summed E-state index contributed by atoms with van der Waals surface area (Å²) in [5.74, 6) is -0.688. The minimum atomic E-state index is -0.510. The van der Waals surface area contributed by atoms with E-state index in [0.717, 1.165) is 10.0 Å². The Balaban J connectivity index is 3.10. The van der Waals surface area contributed by atoms with Gasteiger partial charge >= 0.3 is 0 Å². The van der Waals surface area contributed by atoms with E-state index in [4.69, 9.17) is 5.73 Å². The monoisotopic (exact) mass is 312 g/mol. The summed E-state index contributed by atoms with van der Waals surface area (Å²) >= 11 is 3.39. The molecule has 0 unspecified atom stereocenters. The fourth-order valence-corrected chi connectivity index (χ4v) is 2.02. The molecule has 0 heterocycles. The number of hydrogen-bond acceptors (Lipinski definition) is 2. The first-order chi connectivity index (χ1) is 8.34. The molecule has 2 amide bonds. The van der Waals surface area contributed by atoms with Crippen molar-refractivity contribution in [2.24, 2.45) is 5.73 Å². The van der Waals surface area contributed by atoms with E-state index in [-0.39, 0.29) is 18.5 Å². The van der Waals surface area contributed by atoms with Crippen molar-refractivity contribution >= 4 is 27.7 Å². The van der Waals surface area contributed by atoms with Gasteiger partial charge in [0.2, 0.25) is 5.91 Å². The second-order valence-corrected chi connectivity index (χ2v) is 5.26. The minimum Gasteiger partial charge on any atom is -0.368 e. The Kier molecular flexibility index (Phi) is 4.90. The number of nitrogens with two attached hydrogens (primary N) is 1. The molecule has 0 atom stereocenters. The Morgan fingerprint density at radius 3 is 2.50 bits per heavy atom. The first-order valence-corrected chi connectivity index (χ1v) is 6.48. The Morgan fingerprint density at radius 1 is 1.39 bits per heavy atom. The van der Waals surface area contributed by atoms with E-state index in [2.05, 4.69) is 15.9 Å². The van der Waals surface area contributed by atoms with E-state index >= 15 is 0 Å². The van der Waals surface area contributed by atoms with Crippen LogP contribution in [0.4, 0.5) is 0 Å². The molecule has 0 bridgehead atoms. The van der Waals surface area contributed by atoms with Crippen molar-refractivity contribution in [2.45, 2.75) is 26.8 Å². The Morgan fingerprint density at radius 2 is 2.00 bits per heavy atom. The zero-order valence-electron chi connectivity index (χ0n) is 10.7. The summed E-state index contributed by atoms with van der Waals surface area (Å²) in [6.45, 7) is 5.50. The highest BCUT2D eigenvalue weighted by atomic mass is 79.9. The molecule has 0 aliphatic heterocycles. The minimum absolute atomic E-state index is 0.0670. The molecule has 0 aliphatic rings. The van der Waals surface area contributed by atoms with Crippen LogP contribution in [0.25, 0.3) is 0 Å². The molecule has 0 saturated heterocycles. The topological polar surface area (TPSA) is 63.4 Å². The van der Waals surface area contributed by atoms with Crippen molar-refractivity contribution in [1.82, 2.24) is 4.90 Å². The number of carbonyl (C=O) groups is 2. The highest BCUT2D eigenvalue weighted by molar-refractivity contribution is 9.10. The van der Waals surface area contributed by atoms with Crippen LogP contribution >= 0.6 is 15.9 Å². The van der Waals surface area contributed by atoms with Crippen LogP contribution in [-0.2, 0) is 4.79 Å². The Labute approximate surface area is 115 Å². The van der Waals surface area contributed by atoms with Crippen LogP contribution in [0.5, 0.6) is 0 Å². The van der Waals surface area contributed by atoms with Gasteiger partial charge in [-0.3, -0.25) is 9.59 Å². The van der Waals surface area contributed by atoms with Gasteiger partial charge in [-0.2, -0.15) is 0 Å². The van der Waals surface area contributed by atoms with Crippen molar-refractivity contribution < 1.29 is 9.59 Å². The molecule has 2 N–H and O–H groups in total. The molecule has 0 fully saturated rings. The molecule has 0 saturated carbocycles. The number of primary amides is 1. The van der Waals surface area contributed by atoms with Crippen LogP contribution < -0.4 is 5.73 Å². The van der Waals surface area contributed by atoms with Gasteiger partial charge in [-0.25, -0.2) is 0 Å². The van der Waals surface area contributed by atoms with Gasteiger partial charge in [-0.1, -0.05) is 22.0 Å². The van der Waals surface area contributed by atoms with Gasteiger partial charge < -0.3 is 10.6 Å². The zero-order chi connectivity index (χ0) is 13.9. The van der Waals surface area contributed by atoms with E-state index in [0.29, 0.717) is 5.56 Å². The average molecular weight is 313 g/mol. The first kappa shape index (κ1) is 14.7. The molecule has 0 aliphatic carbocycles. The third-order valence-electron chi connectivity index (χ3n) is 2.71. The second kappa shape index (κ2) is 6.00. The zero-order valence-corrected chi connectivity index (χ0v) is 12.3. The summed E-state index contributed by atoms with van der Waals surface area (Å²) in [7, 11) is 0. The van der Waals surface area contributed by atoms with E-state index in [1.54, 1.807) is 12.1 Å². The highest BCUT2D eigenvalue weighted by Crippen LogP contribution is 2.21. The third-order valence-corrected chi connectivity index (χ3v) is 3.57. The molecule has 0 spiro atoms. The molecule has 0 radical (unpaired) electrons. The van der Waals surface area contributed by atoms with Crippen molar-refractivity contribution in [2.75, 3.05) is 6.54 Å². The van der Waals surface area contributed by atoms with Gasteiger partial charge in [0.05, 0.1) is 6.54 Å². The summed E-state index contributed by atoms with van der Waals surface area (Å²) < 4.78 is 0.871. The van der Waals surface area contributed by atoms with Gasteiger partial charge in [0.1, 0.15) is 0 Å². The second-order valence-electron chi connectivity index (χ2n) is 4.41. The molecule has 0 aromatic heterocycles. The number of nitrogens with zero attached hydrogens (tertiary/aromatic N) is 1. The summed E-state index contributed by atoms with van der Waals surface area (Å²) in [5.41, 5.74) is 6.61. The van der Waals surface area contributed by atoms with Crippen LogP contribution in [0, 0.1) is 6.92 Å². The third kappa shape index (κ3) is 3.32. The summed E-state index contributed by atoms with van der Waals surface area (Å²) in [4.78, 5) is 24.9. The van der Waals surface area contributed by atoms with Crippen molar-refractivity contribution in [3.05, 3.63) is 33.8 Å². The maximum Gasteiger partial charge on any atom is 0.254 e. The molecule has 1 rings (SSSR count). The number of carbonyl (C=O) groups excluding carboxylic acids is 2. The lowest BCUT2D eigenvalue weighted by molar-refractivity contribution is -0.119. The van der Waals surface area contributed by atoms with Crippen molar-refractivity contribution in [1.29, 1.82) is 0 Å². The van der Waals surface area contributed by atoms with Crippen LogP contribution in [0.3, 0.4) is 0 Å². The quantitative estimate of drug-likeness (QED) is 0.925. The molecule has 1 aromatic rings. The molecular formula is C13H17BrN2O2. The first-order valence-electron chi connectivity index (χ1n) is 5.69. The highest BCUT2D eigenvalue weighted by Gasteiger charge is 2.22. The molecule has 18 heavy (non-hydrogen) atoms. The van der Waals surface area contributed by atoms with E-state index in [1.807, 2.05) is 26.8 Å². The van der Waals surface area contributed by atoms with E-state index in [1.165, 1.54) is 4.90 Å². The Hall–Kier alpha value is -1.36. The van der Waals surface area contributed by atoms with E-state index in [9.17, 15) is 9.59 Å². The van der Waals surface area contributed by atoms with Crippen molar-refractivity contribution in [3.8, 4) is 0 Å². The number of rotatable bonds is 4. The van der Waals surface area contributed by atoms with Gasteiger partial charge in [0, 0.05) is 16.1 Å². The van der Waals surface area contributed by atoms with Crippen LogP contribution in [-0.4, -0.2) is 29.3 Å². The maximum absolute atomic E-state index is 12.4.